The van der Waals surface area contributed by atoms with Gasteiger partial charge in [0.15, 0.2) is 0 Å². The first-order valence-electron chi connectivity index (χ1n) is 6.68. The highest BCUT2D eigenvalue weighted by Crippen LogP contribution is 1.99. The van der Waals surface area contributed by atoms with E-state index >= 15 is 0 Å². The molecule has 2 atom stereocenters. The summed E-state index contributed by atoms with van der Waals surface area (Å²) in [6, 6.07) is -2.24. The third-order valence-corrected chi connectivity index (χ3v) is 2.65. The van der Waals surface area contributed by atoms with E-state index in [9.17, 15) is 24.0 Å². The van der Waals surface area contributed by atoms with Crippen LogP contribution in [-0.2, 0) is 24.0 Å². The molecule has 0 radical (unpaired) electrons. The van der Waals surface area contributed by atoms with Crippen molar-refractivity contribution in [1.82, 2.24) is 16.0 Å². The van der Waals surface area contributed by atoms with E-state index in [0.29, 0.717) is 0 Å². The predicted octanol–water partition coefficient (Wildman–Crippen LogP) is -3.00. The van der Waals surface area contributed by atoms with Crippen molar-refractivity contribution in [2.75, 3.05) is 13.1 Å². The van der Waals surface area contributed by atoms with Crippen molar-refractivity contribution < 1.29 is 34.2 Å². The molecule has 0 aliphatic carbocycles. The molecule has 0 heterocycles. The molecule has 0 saturated carbocycles. The Balaban J connectivity index is 4.66. The number of carboxylic acids is 2. The summed E-state index contributed by atoms with van der Waals surface area (Å²) in [5.41, 5.74) is 5.11. The quantitative estimate of drug-likeness (QED) is 0.244. The fraction of sp³-hybridized carbons (Fsp3) is 0.583. The summed E-state index contributed by atoms with van der Waals surface area (Å²) < 4.78 is 0. The lowest BCUT2D eigenvalue weighted by atomic mass is 10.1. The second-order valence-corrected chi connectivity index (χ2v) is 4.60. The molecule has 0 aliphatic heterocycles. The third kappa shape index (κ3) is 9.03. The molecule has 0 saturated heterocycles. The Labute approximate surface area is 131 Å². The lowest BCUT2D eigenvalue weighted by Crippen LogP contribution is -2.53. The van der Waals surface area contributed by atoms with E-state index in [0.717, 1.165) is 0 Å². The van der Waals surface area contributed by atoms with E-state index in [1.54, 1.807) is 0 Å². The molecule has 7 N–H and O–H groups in total. The Morgan fingerprint density at radius 2 is 1.61 bits per heavy atom. The van der Waals surface area contributed by atoms with Crippen molar-refractivity contribution >= 4 is 29.7 Å². The second-order valence-electron chi connectivity index (χ2n) is 4.60. The zero-order valence-electron chi connectivity index (χ0n) is 12.5. The molecule has 11 nitrogen and oxygen atoms in total. The number of hydrogen-bond donors (Lipinski definition) is 6. The van der Waals surface area contributed by atoms with E-state index in [1.165, 1.54) is 6.92 Å². The van der Waals surface area contributed by atoms with Gasteiger partial charge in [-0.2, -0.15) is 0 Å². The predicted molar refractivity (Wildman–Crippen MR) is 76.1 cm³/mol. The fourth-order valence-electron chi connectivity index (χ4n) is 1.49. The first-order chi connectivity index (χ1) is 10.7. The molecule has 0 aromatic carbocycles. The van der Waals surface area contributed by atoms with Crippen LogP contribution in [0.25, 0.3) is 0 Å². The fourth-order valence-corrected chi connectivity index (χ4v) is 1.49. The Kier molecular flexibility index (Phi) is 8.92. The summed E-state index contributed by atoms with van der Waals surface area (Å²) in [4.78, 5) is 55.7. The monoisotopic (exact) mass is 332 g/mol. The normalized spacial score (nSPS) is 12.6. The zero-order chi connectivity index (χ0) is 18.0. The highest BCUT2D eigenvalue weighted by molar-refractivity contribution is 5.93. The number of carbonyl (C=O) groups excluding carboxylic acids is 3. The molecule has 0 aliphatic rings. The molecule has 0 fully saturated rings. The van der Waals surface area contributed by atoms with Crippen LogP contribution in [0.5, 0.6) is 0 Å². The van der Waals surface area contributed by atoms with E-state index in [-0.39, 0.29) is 19.4 Å². The van der Waals surface area contributed by atoms with Crippen molar-refractivity contribution in [1.29, 1.82) is 0 Å². The van der Waals surface area contributed by atoms with Gasteiger partial charge in [0.25, 0.3) is 0 Å². The van der Waals surface area contributed by atoms with Gasteiger partial charge < -0.3 is 31.9 Å². The summed E-state index contributed by atoms with van der Waals surface area (Å²) in [7, 11) is 0. The minimum Gasteiger partial charge on any atom is -0.481 e. The van der Waals surface area contributed by atoms with E-state index in [2.05, 4.69) is 16.0 Å². The summed E-state index contributed by atoms with van der Waals surface area (Å²) in [5.74, 6) is -4.56. The summed E-state index contributed by atoms with van der Waals surface area (Å²) in [6.45, 7) is 0.324. The number of nitrogens with one attached hydrogen (secondary N) is 3. The summed E-state index contributed by atoms with van der Waals surface area (Å²) in [6.07, 6.45) is -0.557. The smallest absolute Gasteiger partial charge is 0.322 e. The molecule has 3 amide bonds. The minimum absolute atomic E-state index is 0.184. The molecule has 0 aromatic rings. The standard InChI is InChI=1S/C12H20N4O7/c1-6(11(22)14-5-10(20)21)15-12(23)7(2-3-9(18)19)16-8(17)4-13/h6-7H,2-5,13H2,1H3,(H,14,22)(H,15,23)(H,16,17)(H,18,19)(H,20,21). The first-order valence-corrected chi connectivity index (χ1v) is 6.68. The molecule has 130 valence electrons. The van der Waals surface area contributed by atoms with Gasteiger partial charge >= 0.3 is 11.9 Å². The van der Waals surface area contributed by atoms with E-state index in [1.807, 2.05) is 0 Å². The molecule has 11 heteroatoms. The maximum absolute atomic E-state index is 12.0. The molecular formula is C12H20N4O7. The summed E-state index contributed by atoms with van der Waals surface area (Å²) in [5, 5.41) is 23.7. The van der Waals surface area contributed by atoms with Gasteiger partial charge in [0.05, 0.1) is 6.54 Å². The highest BCUT2D eigenvalue weighted by Gasteiger charge is 2.24. The number of carbonyl (C=O) groups is 5. The van der Waals surface area contributed by atoms with Crippen molar-refractivity contribution in [3.8, 4) is 0 Å². The van der Waals surface area contributed by atoms with Gasteiger partial charge in [0.1, 0.15) is 18.6 Å². The number of hydrogen-bond acceptors (Lipinski definition) is 6. The molecule has 0 bridgehead atoms. The van der Waals surface area contributed by atoms with Crippen LogP contribution in [0.15, 0.2) is 0 Å². The Morgan fingerprint density at radius 1 is 1.00 bits per heavy atom. The average Bonchev–Trinajstić information content (AvgIpc) is 2.47. The molecule has 0 rings (SSSR count). The number of rotatable bonds is 10. The van der Waals surface area contributed by atoms with Crippen LogP contribution in [0.4, 0.5) is 0 Å². The van der Waals surface area contributed by atoms with Crippen LogP contribution >= 0.6 is 0 Å². The zero-order valence-corrected chi connectivity index (χ0v) is 12.5. The molecule has 0 spiro atoms. The maximum Gasteiger partial charge on any atom is 0.322 e. The molecule has 23 heavy (non-hydrogen) atoms. The third-order valence-electron chi connectivity index (χ3n) is 2.65. The average molecular weight is 332 g/mol. The van der Waals surface area contributed by atoms with E-state index < -0.39 is 48.3 Å². The minimum atomic E-state index is -1.24. The van der Waals surface area contributed by atoms with Gasteiger partial charge in [-0.3, -0.25) is 24.0 Å². The van der Waals surface area contributed by atoms with Gasteiger partial charge in [-0.15, -0.1) is 0 Å². The van der Waals surface area contributed by atoms with Crippen LogP contribution in [0.2, 0.25) is 0 Å². The van der Waals surface area contributed by atoms with Gasteiger partial charge in [-0.1, -0.05) is 0 Å². The van der Waals surface area contributed by atoms with Crippen LogP contribution in [0.3, 0.4) is 0 Å². The maximum atomic E-state index is 12.0. The number of nitrogens with two attached hydrogens (primary N) is 1. The number of aliphatic carboxylic acids is 2. The van der Waals surface area contributed by atoms with Gasteiger partial charge in [-0.05, 0) is 13.3 Å². The first kappa shape index (κ1) is 20.3. The SMILES string of the molecule is CC(NC(=O)C(CCC(=O)O)NC(=O)CN)C(=O)NCC(=O)O. The van der Waals surface area contributed by atoms with Crippen molar-refractivity contribution in [3.63, 3.8) is 0 Å². The van der Waals surface area contributed by atoms with Crippen LogP contribution in [0.1, 0.15) is 19.8 Å². The van der Waals surface area contributed by atoms with Gasteiger partial charge in [0, 0.05) is 6.42 Å². The highest BCUT2D eigenvalue weighted by atomic mass is 16.4. The topological polar surface area (TPSA) is 188 Å². The lowest BCUT2D eigenvalue weighted by molar-refractivity contribution is -0.138. The largest absolute Gasteiger partial charge is 0.481 e. The van der Waals surface area contributed by atoms with Crippen LogP contribution in [-0.4, -0.2) is 65.0 Å². The number of carboxylic acid groups (broad SMARTS) is 2. The van der Waals surface area contributed by atoms with Crippen molar-refractivity contribution in [2.45, 2.75) is 31.8 Å². The lowest BCUT2D eigenvalue weighted by Gasteiger charge is -2.20. The van der Waals surface area contributed by atoms with Crippen LogP contribution < -0.4 is 21.7 Å². The Morgan fingerprint density at radius 3 is 2.09 bits per heavy atom. The Hall–Kier alpha value is -2.69. The molecule has 0 aromatic heterocycles. The van der Waals surface area contributed by atoms with Gasteiger partial charge in [-0.25, -0.2) is 0 Å². The van der Waals surface area contributed by atoms with E-state index in [4.69, 9.17) is 15.9 Å². The molecular weight excluding hydrogens is 312 g/mol. The number of amides is 3. The van der Waals surface area contributed by atoms with Gasteiger partial charge in [0.2, 0.25) is 17.7 Å². The summed E-state index contributed by atoms with van der Waals surface area (Å²) >= 11 is 0. The van der Waals surface area contributed by atoms with Crippen LogP contribution in [0, 0.1) is 0 Å². The van der Waals surface area contributed by atoms with Crippen molar-refractivity contribution in [2.24, 2.45) is 5.73 Å². The molecule has 2 unspecified atom stereocenters. The Bertz CT molecular complexity index is 480. The van der Waals surface area contributed by atoms with Crippen molar-refractivity contribution in [3.05, 3.63) is 0 Å². The second kappa shape index (κ2) is 10.1.